The van der Waals surface area contributed by atoms with Gasteiger partial charge in [-0.05, 0) is 26.7 Å². The van der Waals surface area contributed by atoms with Crippen LogP contribution in [0.3, 0.4) is 0 Å². The van der Waals surface area contributed by atoms with Crippen LogP contribution >= 0.6 is 11.3 Å². The summed E-state index contributed by atoms with van der Waals surface area (Å²) in [6.45, 7) is 3.85. The second-order valence-electron chi connectivity index (χ2n) is 5.92. The lowest BCUT2D eigenvalue weighted by atomic mass is 9.71. The summed E-state index contributed by atoms with van der Waals surface area (Å²) in [5.41, 5.74) is -0.874. The van der Waals surface area contributed by atoms with Crippen molar-refractivity contribution in [2.75, 3.05) is 0 Å². The Morgan fingerprint density at radius 1 is 1.43 bits per heavy atom. The Labute approximate surface area is 128 Å². The molecule has 2 rings (SSSR count). The zero-order valence-electron chi connectivity index (χ0n) is 12.5. The van der Waals surface area contributed by atoms with Crippen LogP contribution in [0.15, 0.2) is 6.20 Å². The van der Waals surface area contributed by atoms with Gasteiger partial charge >= 0.3 is 5.97 Å². The highest BCUT2D eigenvalue weighted by Crippen LogP contribution is 2.39. The van der Waals surface area contributed by atoms with Crippen molar-refractivity contribution in [3.8, 4) is 0 Å². The van der Waals surface area contributed by atoms with Crippen LogP contribution in [0, 0.1) is 12.3 Å². The van der Waals surface area contributed by atoms with E-state index in [-0.39, 0.29) is 18.4 Å². The molecule has 1 aromatic heterocycles. The van der Waals surface area contributed by atoms with Crippen molar-refractivity contribution in [3.05, 3.63) is 16.1 Å². The van der Waals surface area contributed by atoms with Crippen molar-refractivity contribution in [1.29, 1.82) is 0 Å². The molecule has 5 nitrogen and oxygen atoms in total. The van der Waals surface area contributed by atoms with Gasteiger partial charge in [-0.2, -0.15) is 0 Å². The zero-order chi connectivity index (χ0) is 15.5. The summed E-state index contributed by atoms with van der Waals surface area (Å²) in [5, 5.41) is 13.2. The molecule has 1 aromatic rings. The minimum absolute atomic E-state index is 0.0665. The number of rotatable bonds is 5. The van der Waals surface area contributed by atoms with E-state index in [1.807, 2.05) is 13.8 Å². The molecule has 1 aliphatic rings. The van der Waals surface area contributed by atoms with E-state index < -0.39 is 11.4 Å². The third-order valence-corrected chi connectivity index (χ3v) is 5.25. The molecule has 1 fully saturated rings. The first-order valence-corrected chi connectivity index (χ1v) is 8.20. The normalized spacial score (nSPS) is 19.0. The van der Waals surface area contributed by atoms with Crippen LogP contribution in [-0.2, 0) is 9.59 Å². The number of hydrogen-bond acceptors (Lipinski definition) is 4. The molecule has 6 heteroatoms. The molecule has 0 saturated heterocycles. The SMILES string of the molecule is Cc1cnc(C(C)NC(=O)CC2(C(=O)O)CCCCC2)s1. The van der Waals surface area contributed by atoms with Crippen LogP contribution in [-0.4, -0.2) is 22.0 Å². The van der Waals surface area contributed by atoms with Crippen LogP contribution in [0.2, 0.25) is 0 Å². The van der Waals surface area contributed by atoms with Crippen molar-refractivity contribution >= 4 is 23.2 Å². The maximum atomic E-state index is 12.2. The van der Waals surface area contributed by atoms with E-state index in [4.69, 9.17) is 0 Å². The predicted octanol–water partition coefficient (Wildman–Crippen LogP) is 3.05. The topological polar surface area (TPSA) is 79.3 Å². The molecular weight excluding hydrogens is 288 g/mol. The van der Waals surface area contributed by atoms with Gasteiger partial charge < -0.3 is 10.4 Å². The maximum Gasteiger partial charge on any atom is 0.310 e. The van der Waals surface area contributed by atoms with E-state index in [0.29, 0.717) is 12.8 Å². The second-order valence-corrected chi connectivity index (χ2v) is 7.19. The van der Waals surface area contributed by atoms with Crippen molar-refractivity contribution in [2.24, 2.45) is 5.41 Å². The van der Waals surface area contributed by atoms with Gasteiger partial charge in [-0.3, -0.25) is 9.59 Å². The van der Waals surface area contributed by atoms with Crippen molar-refractivity contribution in [1.82, 2.24) is 10.3 Å². The first-order valence-electron chi connectivity index (χ1n) is 7.38. The summed E-state index contributed by atoms with van der Waals surface area (Å²) >= 11 is 1.55. The van der Waals surface area contributed by atoms with Crippen LogP contribution in [0.25, 0.3) is 0 Å². The number of nitrogens with zero attached hydrogens (tertiary/aromatic N) is 1. The minimum Gasteiger partial charge on any atom is -0.481 e. The molecule has 2 N–H and O–H groups in total. The van der Waals surface area contributed by atoms with Gasteiger partial charge in [-0.1, -0.05) is 19.3 Å². The van der Waals surface area contributed by atoms with Crippen LogP contribution in [0.5, 0.6) is 0 Å². The fraction of sp³-hybridized carbons (Fsp3) is 0.667. The van der Waals surface area contributed by atoms with E-state index in [2.05, 4.69) is 10.3 Å². The lowest BCUT2D eigenvalue weighted by Gasteiger charge is -2.32. The monoisotopic (exact) mass is 310 g/mol. The summed E-state index contributed by atoms with van der Waals surface area (Å²) in [5.74, 6) is -1.03. The third kappa shape index (κ3) is 3.81. The van der Waals surface area contributed by atoms with E-state index in [0.717, 1.165) is 29.1 Å². The minimum atomic E-state index is -0.874. The molecule has 1 saturated carbocycles. The molecule has 21 heavy (non-hydrogen) atoms. The largest absolute Gasteiger partial charge is 0.481 e. The van der Waals surface area contributed by atoms with Gasteiger partial charge in [-0.25, -0.2) is 4.98 Å². The molecule has 1 atom stereocenters. The summed E-state index contributed by atoms with van der Waals surface area (Å²) < 4.78 is 0. The Kier molecular flexibility index (Phi) is 4.98. The average Bonchev–Trinajstić information content (AvgIpc) is 2.86. The first-order chi connectivity index (χ1) is 9.93. The van der Waals surface area contributed by atoms with Gasteiger partial charge in [0.1, 0.15) is 5.01 Å². The molecule has 116 valence electrons. The van der Waals surface area contributed by atoms with Crippen molar-refractivity contribution in [3.63, 3.8) is 0 Å². The third-order valence-electron chi connectivity index (χ3n) is 4.15. The fourth-order valence-electron chi connectivity index (χ4n) is 2.93. The average molecular weight is 310 g/mol. The lowest BCUT2D eigenvalue weighted by Crippen LogP contribution is -2.39. The van der Waals surface area contributed by atoms with Gasteiger partial charge in [-0.15, -0.1) is 11.3 Å². The molecular formula is C15H22N2O3S. The molecule has 1 unspecified atom stereocenters. The second kappa shape index (κ2) is 6.56. The number of thiazole rings is 1. The molecule has 0 radical (unpaired) electrons. The van der Waals surface area contributed by atoms with Gasteiger partial charge in [0.2, 0.25) is 5.91 Å². The highest BCUT2D eigenvalue weighted by atomic mass is 32.1. The number of aliphatic carboxylic acids is 1. The van der Waals surface area contributed by atoms with Gasteiger partial charge in [0.15, 0.2) is 0 Å². The van der Waals surface area contributed by atoms with Crippen LogP contribution < -0.4 is 5.32 Å². The van der Waals surface area contributed by atoms with Crippen LogP contribution in [0.4, 0.5) is 0 Å². The molecule has 0 aromatic carbocycles. The zero-order valence-corrected chi connectivity index (χ0v) is 13.3. The Hall–Kier alpha value is -1.43. The predicted molar refractivity (Wildman–Crippen MR) is 81.2 cm³/mol. The molecule has 1 amide bonds. The highest BCUT2D eigenvalue weighted by Gasteiger charge is 2.41. The Morgan fingerprint density at radius 3 is 2.62 bits per heavy atom. The molecule has 0 spiro atoms. The number of carboxylic acid groups (broad SMARTS) is 1. The Bertz CT molecular complexity index is 521. The summed E-state index contributed by atoms with van der Waals surface area (Å²) in [4.78, 5) is 29.1. The van der Waals surface area contributed by atoms with E-state index in [1.54, 1.807) is 17.5 Å². The fourth-order valence-corrected chi connectivity index (χ4v) is 3.71. The summed E-state index contributed by atoms with van der Waals surface area (Å²) in [7, 11) is 0. The van der Waals surface area contributed by atoms with Gasteiger partial charge in [0, 0.05) is 17.5 Å². The lowest BCUT2D eigenvalue weighted by molar-refractivity contribution is -0.154. The Balaban J connectivity index is 1.98. The summed E-state index contributed by atoms with van der Waals surface area (Å²) in [6.07, 6.45) is 5.88. The molecule has 1 heterocycles. The number of hydrogen-bond donors (Lipinski definition) is 2. The van der Waals surface area contributed by atoms with E-state index in [1.165, 1.54) is 0 Å². The van der Waals surface area contributed by atoms with E-state index >= 15 is 0 Å². The number of aryl methyl sites for hydroxylation is 1. The summed E-state index contributed by atoms with van der Waals surface area (Å²) in [6, 6.07) is -0.175. The standard InChI is InChI=1S/C15H22N2O3S/c1-10-9-16-13(21-10)11(2)17-12(18)8-15(14(19)20)6-4-3-5-7-15/h9,11H,3-8H2,1-2H3,(H,17,18)(H,19,20). The van der Waals surface area contributed by atoms with Crippen molar-refractivity contribution in [2.45, 2.75) is 58.4 Å². The number of carbonyl (C=O) groups is 2. The Morgan fingerprint density at radius 2 is 2.10 bits per heavy atom. The molecule has 0 bridgehead atoms. The number of amides is 1. The quantitative estimate of drug-likeness (QED) is 0.876. The maximum absolute atomic E-state index is 12.2. The van der Waals surface area contributed by atoms with E-state index in [9.17, 15) is 14.7 Å². The first kappa shape index (κ1) is 15.9. The van der Waals surface area contributed by atoms with Crippen molar-refractivity contribution < 1.29 is 14.7 Å². The number of nitrogens with one attached hydrogen (secondary N) is 1. The number of carbonyl (C=O) groups excluding carboxylic acids is 1. The molecule has 1 aliphatic carbocycles. The number of carboxylic acids is 1. The number of aromatic nitrogens is 1. The highest BCUT2D eigenvalue weighted by molar-refractivity contribution is 7.11. The van der Waals surface area contributed by atoms with Gasteiger partial charge in [0.05, 0.1) is 11.5 Å². The van der Waals surface area contributed by atoms with Gasteiger partial charge in [0.25, 0.3) is 0 Å². The van der Waals surface area contributed by atoms with Crippen LogP contribution in [0.1, 0.15) is 61.4 Å². The molecule has 0 aliphatic heterocycles. The smallest absolute Gasteiger partial charge is 0.310 e.